The van der Waals surface area contributed by atoms with Gasteiger partial charge in [0, 0.05) is 19.1 Å². The molecule has 0 aromatic heterocycles. The lowest BCUT2D eigenvalue weighted by Crippen LogP contribution is -2.51. The third-order valence-corrected chi connectivity index (χ3v) is 4.63. The Hall–Kier alpha value is -1.67. The van der Waals surface area contributed by atoms with Gasteiger partial charge in [0.15, 0.2) is 0 Å². The zero-order chi connectivity index (χ0) is 19.1. The highest BCUT2D eigenvalue weighted by Crippen LogP contribution is 2.25. The van der Waals surface area contributed by atoms with E-state index in [1.807, 2.05) is 44.0 Å². The van der Waals surface area contributed by atoms with E-state index in [9.17, 15) is 15.0 Å². The number of carbonyl (C=O) groups is 1. The molecule has 0 bridgehead atoms. The SMILES string of the molecule is CC(C)NC(=O)NC[C@@H]1O[C@@H](CO)[C@@H](O)[C@H]1N(C)CCc1ccccc1. The maximum atomic E-state index is 11.8. The van der Waals surface area contributed by atoms with E-state index in [2.05, 4.69) is 22.8 Å². The molecular formula is C19H31N3O4. The first kappa shape index (κ1) is 20.6. The highest BCUT2D eigenvalue weighted by molar-refractivity contribution is 5.74. The molecule has 146 valence electrons. The molecule has 4 N–H and O–H groups in total. The minimum atomic E-state index is -0.805. The number of nitrogens with one attached hydrogen (secondary N) is 2. The van der Waals surface area contributed by atoms with Gasteiger partial charge in [0.1, 0.15) is 12.2 Å². The van der Waals surface area contributed by atoms with Gasteiger partial charge in [-0.1, -0.05) is 30.3 Å². The van der Waals surface area contributed by atoms with Gasteiger partial charge >= 0.3 is 6.03 Å². The smallest absolute Gasteiger partial charge is 0.315 e. The van der Waals surface area contributed by atoms with Crippen LogP contribution in [0.5, 0.6) is 0 Å². The maximum absolute atomic E-state index is 11.8. The van der Waals surface area contributed by atoms with Crippen LogP contribution >= 0.6 is 0 Å². The fourth-order valence-electron chi connectivity index (χ4n) is 3.30. The molecule has 26 heavy (non-hydrogen) atoms. The number of urea groups is 1. The number of benzene rings is 1. The van der Waals surface area contributed by atoms with E-state index < -0.39 is 12.2 Å². The molecule has 1 aromatic carbocycles. The van der Waals surface area contributed by atoms with Crippen molar-refractivity contribution in [2.24, 2.45) is 0 Å². The van der Waals surface area contributed by atoms with Gasteiger partial charge in [-0.15, -0.1) is 0 Å². The van der Waals surface area contributed by atoms with Crippen LogP contribution < -0.4 is 10.6 Å². The molecule has 7 nitrogen and oxygen atoms in total. The highest BCUT2D eigenvalue weighted by atomic mass is 16.5. The van der Waals surface area contributed by atoms with Crippen molar-refractivity contribution in [1.82, 2.24) is 15.5 Å². The predicted octanol–water partition coefficient (Wildman–Crippen LogP) is 0.358. The molecule has 1 heterocycles. The van der Waals surface area contributed by atoms with Gasteiger partial charge in [0.25, 0.3) is 0 Å². The second-order valence-electron chi connectivity index (χ2n) is 7.10. The summed E-state index contributed by atoms with van der Waals surface area (Å²) in [6.45, 7) is 4.53. The number of nitrogens with zero attached hydrogens (tertiary/aromatic N) is 1. The summed E-state index contributed by atoms with van der Waals surface area (Å²) < 4.78 is 5.78. The van der Waals surface area contributed by atoms with E-state index >= 15 is 0 Å². The molecule has 0 aliphatic carbocycles. The molecule has 1 fully saturated rings. The summed E-state index contributed by atoms with van der Waals surface area (Å²) in [5.74, 6) is 0. The lowest BCUT2D eigenvalue weighted by molar-refractivity contribution is -0.0206. The largest absolute Gasteiger partial charge is 0.394 e. The molecule has 0 unspecified atom stereocenters. The van der Waals surface area contributed by atoms with Crippen LogP contribution in [0.4, 0.5) is 4.79 Å². The third-order valence-electron chi connectivity index (χ3n) is 4.63. The second-order valence-corrected chi connectivity index (χ2v) is 7.10. The number of amides is 2. The van der Waals surface area contributed by atoms with Crippen molar-refractivity contribution >= 4 is 6.03 Å². The predicted molar refractivity (Wildman–Crippen MR) is 100.0 cm³/mol. The van der Waals surface area contributed by atoms with Gasteiger partial charge in [-0.2, -0.15) is 0 Å². The molecule has 1 saturated heterocycles. The first-order valence-electron chi connectivity index (χ1n) is 9.15. The Labute approximate surface area is 155 Å². The van der Waals surface area contributed by atoms with Crippen molar-refractivity contribution in [3.63, 3.8) is 0 Å². The van der Waals surface area contributed by atoms with E-state index in [0.29, 0.717) is 0 Å². The summed E-state index contributed by atoms with van der Waals surface area (Å²) in [4.78, 5) is 13.9. The zero-order valence-electron chi connectivity index (χ0n) is 15.8. The standard InChI is InChI=1S/C19H31N3O4/c1-13(2)21-19(25)20-11-15-17(18(24)16(12-23)26-15)22(3)10-9-14-7-5-4-6-8-14/h4-8,13,15-18,23-24H,9-12H2,1-3H3,(H2,20,21,25)/t15-,16-,17-,18+/m0/s1. The van der Waals surface area contributed by atoms with Crippen molar-refractivity contribution in [2.45, 2.75) is 50.7 Å². The Morgan fingerprint density at radius 2 is 1.96 bits per heavy atom. The summed E-state index contributed by atoms with van der Waals surface area (Å²) in [5.41, 5.74) is 1.22. The lowest BCUT2D eigenvalue weighted by atomic mass is 10.0. The van der Waals surface area contributed by atoms with Crippen LogP contribution in [0.15, 0.2) is 30.3 Å². The van der Waals surface area contributed by atoms with Crippen LogP contribution in [0.1, 0.15) is 19.4 Å². The van der Waals surface area contributed by atoms with Gasteiger partial charge < -0.3 is 25.6 Å². The number of hydrogen-bond donors (Lipinski definition) is 4. The first-order valence-corrected chi connectivity index (χ1v) is 9.15. The normalized spacial score (nSPS) is 25.7. The Bertz CT molecular complexity index is 555. The number of ether oxygens (including phenoxy) is 1. The topological polar surface area (TPSA) is 94.1 Å². The zero-order valence-corrected chi connectivity index (χ0v) is 15.8. The number of likely N-dealkylation sites (N-methyl/N-ethyl adjacent to an activating group) is 1. The minimum absolute atomic E-state index is 0.0413. The first-order chi connectivity index (χ1) is 12.4. The molecule has 2 amide bonds. The summed E-state index contributed by atoms with van der Waals surface area (Å²) in [6, 6.07) is 9.61. The second kappa shape index (κ2) is 9.87. The van der Waals surface area contributed by atoms with Crippen LogP contribution in [-0.2, 0) is 11.2 Å². The van der Waals surface area contributed by atoms with Gasteiger partial charge in [-0.05, 0) is 32.9 Å². The van der Waals surface area contributed by atoms with E-state index in [1.165, 1.54) is 5.56 Å². The Morgan fingerprint density at radius 3 is 2.58 bits per heavy atom. The number of aliphatic hydroxyl groups excluding tert-OH is 2. The van der Waals surface area contributed by atoms with Crippen LogP contribution in [0.2, 0.25) is 0 Å². The Balaban J connectivity index is 1.95. The number of rotatable bonds is 8. The molecule has 1 aliphatic heterocycles. The lowest BCUT2D eigenvalue weighted by Gasteiger charge is -2.30. The summed E-state index contributed by atoms with van der Waals surface area (Å²) in [5, 5.41) is 25.5. The average Bonchev–Trinajstić information content (AvgIpc) is 2.94. The maximum Gasteiger partial charge on any atom is 0.315 e. The average molecular weight is 365 g/mol. The van der Waals surface area contributed by atoms with Crippen LogP contribution in [0, 0.1) is 0 Å². The molecule has 1 aliphatic rings. The molecule has 0 saturated carbocycles. The van der Waals surface area contributed by atoms with Crippen LogP contribution in [0.3, 0.4) is 0 Å². The van der Waals surface area contributed by atoms with E-state index in [4.69, 9.17) is 4.74 Å². The Kier molecular flexibility index (Phi) is 7.84. The van der Waals surface area contributed by atoms with Crippen molar-refractivity contribution in [1.29, 1.82) is 0 Å². The van der Waals surface area contributed by atoms with Gasteiger partial charge in [0.2, 0.25) is 0 Å². The third kappa shape index (κ3) is 5.67. The van der Waals surface area contributed by atoms with Gasteiger partial charge in [-0.3, -0.25) is 4.90 Å². The van der Waals surface area contributed by atoms with E-state index in [0.717, 1.165) is 13.0 Å². The molecule has 0 radical (unpaired) electrons. The number of aliphatic hydroxyl groups is 2. The van der Waals surface area contributed by atoms with Crippen molar-refractivity contribution < 1.29 is 19.7 Å². The highest BCUT2D eigenvalue weighted by Gasteiger charge is 2.45. The molecule has 2 rings (SSSR count). The summed E-state index contributed by atoms with van der Waals surface area (Å²) in [7, 11) is 1.93. The molecule has 7 heteroatoms. The van der Waals surface area contributed by atoms with Gasteiger partial charge in [0.05, 0.1) is 18.8 Å². The van der Waals surface area contributed by atoms with E-state index in [1.54, 1.807) is 0 Å². The van der Waals surface area contributed by atoms with Crippen LogP contribution in [-0.4, -0.2) is 78.3 Å². The monoisotopic (exact) mass is 365 g/mol. The fourth-order valence-corrected chi connectivity index (χ4v) is 3.30. The van der Waals surface area contributed by atoms with E-state index in [-0.39, 0.29) is 37.4 Å². The van der Waals surface area contributed by atoms with Gasteiger partial charge in [-0.25, -0.2) is 4.79 Å². The van der Waals surface area contributed by atoms with Crippen molar-refractivity contribution in [3.05, 3.63) is 35.9 Å². The molecule has 0 spiro atoms. The number of carbonyl (C=O) groups excluding carboxylic acids is 1. The molecular weight excluding hydrogens is 334 g/mol. The molecule has 1 aromatic rings. The fraction of sp³-hybridized carbons (Fsp3) is 0.632. The summed E-state index contributed by atoms with van der Waals surface area (Å²) >= 11 is 0. The minimum Gasteiger partial charge on any atom is -0.394 e. The molecule has 4 atom stereocenters. The van der Waals surface area contributed by atoms with Crippen molar-refractivity contribution in [2.75, 3.05) is 26.7 Å². The van der Waals surface area contributed by atoms with Crippen molar-refractivity contribution in [3.8, 4) is 0 Å². The number of hydrogen-bond acceptors (Lipinski definition) is 5. The summed E-state index contributed by atoms with van der Waals surface area (Å²) in [6.07, 6.45) is -0.987. The quantitative estimate of drug-likeness (QED) is 0.534. The Morgan fingerprint density at radius 1 is 1.27 bits per heavy atom. The van der Waals surface area contributed by atoms with Crippen LogP contribution in [0.25, 0.3) is 0 Å².